The van der Waals surface area contributed by atoms with E-state index in [9.17, 15) is 9.59 Å². The number of benzene rings is 1. The summed E-state index contributed by atoms with van der Waals surface area (Å²) >= 11 is 0. The van der Waals surface area contributed by atoms with Crippen molar-refractivity contribution in [1.29, 1.82) is 0 Å². The first-order valence-corrected chi connectivity index (χ1v) is 11.4. The molecule has 3 aromatic rings. The Balaban J connectivity index is 1.37. The molecule has 0 bridgehead atoms. The lowest BCUT2D eigenvalue weighted by Gasteiger charge is -2.35. The van der Waals surface area contributed by atoms with Gasteiger partial charge in [-0.1, -0.05) is 12.1 Å². The van der Waals surface area contributed by atoms with E-state index in [1.54, 1.807) is 17.6 Å². The van der Waals surface area contributed by atoms with Crippen molar-refractivity contribution in [3.63, 3.8) is 0 Å². The van der Waals surface area contributed by atoms with Gasteiger partial charge in [-0.15, -0.1) is 0 Å². The molecule has 0 aliphatic carbocycles. The Morgan fingerprint density at radius 1 is 1.09 bits per heavy atom. The topological polar surface area (TPSA) is 99.9 Å². The van der Waals surface area contributed by atoms with Crippen LogP contribution in [-0.2, 0) is 16.1 Å². The lowest BCUT2D eigenvalue weighted by Crippen LogP contribution is -2.48. The van der Waals surface area contributed by atoms with Gasteiger partial charge in [0.1, 0.15) is 11.2 Å². The molecule has 1 fully saturated rings. The van der Waals surface area contributed by atoms with Crippen LogP contribution in [0, 0.1) is 0 Å². The molecular formula is C25H31N5O4. The van der Waals surface area contributed by atoms with Crippen LogP contribution < -0.4 is 10.4 Å². The number of aromatic nitrogens is 2. The maximum absolute atomic E-state index is 12.1. The highest BCUT2D eigenvalue weighted by Crippen LogP contribution is 2.23. The highest BCUT2D eigenvalue weighted by Gasteiger charge is 2.23. The number of piperazine rings is 1. The van der Waals surface area contributed by atoms with Crippen molar-refractivity contribution in [3.05, 3.63) is 59.9 Å². The maximum atomic E-state index is 12.1. The number of fused-ring (bicyclic) bond motifs is 1. The van der Waals surface area contributed by atoms with Gasteiger partial charge in [-0.3, -0.25) is 19.7 Å². The predicted molar refractivity (Wildman–Crippen MR) is 129 cm³/mol. The second-order valence-corrected chi connectivity index (χ2v) is 9.54. The average Bonchev–Trinajstić information content (AvgIpc) is 3.20. The van der Waals surface area contributed by atoms with Crippen molar-refractivity contribution in [2.24, 2.45) is 0 Å². The fraction of sp³-hybridized carbons (Fsp3) is 0.400. The van der Waals surface area contributed by atoms with E-state index in [1.165, 1.54) is 0 Å². The number of nitrogens with zero attached hydrogens (tertiary/aromatic N) is 4. The number of nitrogens with one attached hydrogen (secondary N) is 1. The SMILES string of the molecule is CC(C)(C)OC(=O)CN1CCN(c2cnc3c(ccn3Cc3ccc(C(=O)NO)cc3)c2)CC1. The summed E-state index contributed by atoms with van der Waals surface area (Å²) in [4.78, 5) is 32.7. The zero-order valence-electron chi connectivity index (χ0n) is 19.8. The third-order valence-electron chi connectivity index (χ3n) is 5.77. The number of carbonyl (C=O) groups excluding carboxylic acids is 2. The van der Waals surface area contributed by atoms with Crippen LogP contribution >= 0.6 is 0 Å². The summed E-state index contributed by atoms with van der Waals surface area (Å²) in [5, 5.41) is 9.81. The van der Waals surface area contributed by atoms with Crippen LogP contribution in [0.25, 0.3) is 11.0 Å². The Hall–Kier alpha value is -3.43. The van der Waals surface area contributed by atoms with Crippen molar-refractivity contribution in [3.8, 4) is 0 Å². The standard InChI is InChI=1S/C25H31N5O4/c1-25(2,3)34-22(31)17-28-10-12-29(13-11-28)21-14-20-8-9-30(23(20)26-15-21)16-18-4-6-19(7-5-18)24(32)27-33/h4-9,14-15,33H,10-13,16-17H2,1-3H3,(H,27,32). The molecule has 34 heavy (non-hydrogen) atoms. The van der Waals surface area contributed by atoms with Gasteiger partial charge in [0.25, 0.3) is 5.91 Å². The van der Waals surface area contributed by atoms with E-state index in [0.29, 0.717) is 18.7 Å². The minimum absolute atomic E-state index is 0.184. The first-order chi connectivity index (χ1) is 16.2. The number of carbonyl (C=O) groups is 2. The lowest BCUT2D eigenvalue weighted by atomic mass is 10.1. The van der Waals surface area contributed by atoms with Crippen LogP contribution in [0.5, 0.6) is 0 Å². The van der Waals surface area contributed by atoms with Crippen molar-refractivity contribution in [1.82, 2.24) is 19.9 Å². The molecule has 1 aliphatic rings. The molecule has 1 aliphatic heterocycles. The van der Waals surface area contributed by atoms with Gasteiger partial charge >= 0.3 is 5.97 Å². The molecule has 2 N–H and O–H groups in total. The van der Waals surface area contributed by atoms with Gasteiger partial charge in [-0.25, -0.2) is 10.5 Å². The van der Waals surface area contributed by atoms with Crippen LogP contribution in [0.15, 0.2) is 48.8 Å². The highest BCUT2D eigenvalue weighted by molar-refractivity contribution is 5.93. The molecule has 0 radical (unpaired) electrons. The monoisotopic (exact) mass is 465 g/mol. The number of anilines is 1. The highest BCUT2D eigenvalue weighted by atomic mass is 16.6. The minimum Gasteiger partial charge on any atom is -0.459 e. The summed E-state index contributed by atoms with van der Waals surface area (Å²) in [7, 11) is 0. The molecule has 1 amide bonds. The van der Waals surface area contributed by atoms with Crippen LogP contribution in [0.3, 0.4) is 0 Å². The lowest BCUT2D eigenvalue weighted by molar-refractivity contribution is -0.156. The van der Waals surface area contributed by atoms with Crippen molar-refractivity contribution < 1.29 is 19.5 Å². The number of hydrogen-bond acceptors (Lipinski definition) is 7. The Kier molecular flexibility index (Phi) is 6.85. The Morgan fingerprint density at radius 2 is 1.79 bits per heavy atom. The normalized spacial score (nSPS) is 14.9. The van der Waals surface area contributed by atoms with E-state index in [4.69, 9.17) is 14.9 Å². The second-order valence-electron chi connectivity index (χ2n) is 9.54. The Bertz CT molecular complexity index is 1160. The minimum atomic E-state index is -0.530. The number of esters is 1. The molecule has 9 heteroatoms. The molecule has 9 nitrogen and oxygen atoms in total. The Morgan fingerprint density at radius 3 is 2.44 bits per heavy atom. The molecule has 4 rings (SSSR count). The van der Waals surface area contributed by atoms with Gasteiger partial charge in [-0.05, 0) is 50.6 Å². The second kappa shape index (κ2) is 9.82. The van der Waals surface area contributed by atoms with E-state index < -0.39 is 11.5 Å². The van der Waals surface area contributed by atoms with E-state index in [0.717, 1.165) is 48.5 Å². The van der Waals surface area contributed by atoms with Crippen molar-refractivity contribution in [2.75, 3.05) is 37.6 Å². The number of amides is 1. The maximum Gasteiger partial charge on any atom is 0.320 e. The number of rotatable bonds is 6. The van der Waals surface area contributed by atoms with E-state index in [1.807, 2.05) is 45.3 Å². The first-order valence-electron chi connectivity index (χ1n) is 11.4. The van der Waals surface area contributed by atoms with Gasteiger partial charge in [-0.2, -0.15) is 0 Å². The zero-order valence-corrected chi connectivity index (χ0v) is 19.8. The molecule has 0 unspecified atom stereocenters. The molecule has 0 saturated carbocycles. The van der Waals surface area contributed by atoms with Crippen LogP contribution in [0.1, 0.15) is 36.7 Å². The Labute approximate surface area is 198 Å². The number of pyridine rings is 1. The fourth-order valence-electron chi connectivity index (χ4n) is 4.11. The van der Waals surface area contributed by atoms with E-state index in [2.05, 4.69) is 26.5 Å². The number of hydroxylamine groups is 1. The molecular weight excluding hydrogens is 434 g/mol. The largest absolute Gasteiger partial charge is 0.459 e. The van der Waals surface area contributed by atoms with Crippen LogP contribution in [0.4, 0.5) is 5.69 Å². The molecule has 0 atom stereocenters. The zero-order chi connectivity index (χ0) is 24.3. The number of hydrogen-bond donors (Lipinski definition) is 2. The van der Waals surface area contributed by atoms with Crippen molar-refractivity contribution >= 4 is 28.6 Å². The smallest absolute Gasteiger partial charge is 0.320 e. The summed E-state index contributed by atoms with van der Waals surface area (Å²) < 4.78 is 7.50. The predicted octanol–water partition coefficient (Wildman–Crippen LogP) is 2.67. The summed E-state index contributed by atoms with van der Waals surface area (Å²) in [6, 6.07) is 11.3. The van der Waals surface area contributed by atoms with E-state index in [-0.39, 0.29) is 5.97 Å². The van der Waals surface area contributed by atoms with Gasteiger partial charge in [0.15, 0.2) is 0 Å². The summed E-state index contributed by atoms with van der Waals surface area (Å²) in [5.41, 5.74) is 4.57. The number of ether oxygens (including phenoxy) is 1. The molecule has 0 spiro atoms. The van der Waals surface area contributed by atoms with Crippen molar-refractivity contribution in [2.45, 2.75) is 32.9 Å². The van der Waals surface area contributed by atoms with Gasteiger partial charge < -0.3 is 14.2 Å². The summed E-state index contributed by atoms with van der Waals surface area (Å²) in [5.74, 6) is -0.713. The van der Waals surface area contributed by atoms with Gasteiger partial charge in [0.2, 0.25) is 0 Å². The average molecular weight is 466 g/mol. The molecule has 1 saturated heterocycles. The van der Waals surface area contributed by atoms with Crippen LogP contribution in [0.2, 0.25) is 0 Å². The third-order valence-corrected chi connectivity index (χ3v) is 5.77. The van der Waals surface area contributed by atoms with Gasteiger partial charge in [0, 0.05) is 49.9 Å². The quantitative estimate of drug-likeness (QED) is 0.328. The molecule has 1 aromatic carbocycles. The molecule has 2 aromatic heterocycles. The summed E-state index contributed by atoms with van der Waals surface area (Å²) in [6.45, 7) is 9.83. The first kappa shape index (κ1) is 23.7. The van der Waals surface area contributed by atoms with E-state index >= 15 is 0 Å². The third kappa shape index (κ3) is 5.73. The van der Waals surface area contributed by atoms with Gasteiger partial charge in [0.05, 0.1) is 18.4 Å². The molecule has 3 heterocycles. The fourth-order valence-corrected chi connectivity index (χ4v) is 4.11. The van der Waals surface area contributed by atoms with Crippen LogP contribution in [-0.4, -0.2) is 69.9 Å². The summed E-state index contributed by atoms with van der Waals surface area (Å²) in [6.07, 6.45) is 3.91. The molecule has 180 valence electrons.